The van der Waals surface area contributed by atoms with Crippen LogP contribution in [-0.2, 0) is 4.74 Å². The van der Waals surface area contributed by atoms with E-state index in [0.717, 1.165) is 0 Å². The fourth-order valence-electron chi connectivity index (χ4n) is 3.20. The number of benzene rings is 1. The van der Waals surface area contributed by atoms with Gasteiger partial charge in [-0.25, -0.2) is 4.39 Å². The van der Waals surface area contributed by atoms with Crippen molar-refractivity contribution in [3.8, 4) is 17.1 Å². The van der Waals surface area contributed by atoms with Gasteiger partial charge in [-0.1, -0.05) is 19.0 Å². The summed E-state index contributed by atoms with van der Waals surface area (Å²) in [4.78, 5) is 16.9. The Morgan fingerprint density at radius 3 is 2.79 bits per heavy atom. The number of rotatable bonds is 5. The summed E-state index contributed by atoms with van der Waals surface area (Å²) < 4.78 is 30.2. The van der Waals surface area contributed by atoms with Crippen LogP contribution in [0.1, 0.15) is 24.2 Å². The molecule has 1 amide bonds. The van der Waals surface area contributed by atoms with Gasteiger partial charge in [-0.3, -0.25) is 4.79 Å². The largest absolute Gasteiger partial charge is 0.494 e. The third kappa shape index (κ3) is 3.82. The highest BCUT2D eigenvalue weighted by Crippen LogP contribution is 2.34. The van der Waals surface area contributed by atoms with Gasteiger partial charge in [0.15, 0.2) is 23.1 Å². The van der Waals surface area contributed by atoms with E-state index >= 15 is 0 Å². The van der Waals surface area contributed by atoms with Crippen LogP contribution < -0.4 is 9.64 Å². The maximum atomic E-state index is 13.8. The molecule has 1 fully saturated rings. The summed E-state index contributed by atoms with van der Waals surface area (Å²) in [6.45, 7) is 5.61. The number of methoxy groups -OCH3 is 1. The van der Waals surface area contributed by atoms with Gasteiger partial charge in [-0.05, 0) is 24.1 Å². The zero-order valence-electron chi connectivity index (χ0n) is 16.9. The zero-order valence-corrected chi connectivity index (χ0v) is 16.9. The van der Waals surface area contributed by atoms with Crippen molar-refractivity contribution < 1.29 is 23.2 Å². The van der Waals surface area contributed by atoms with Crippen LogP contribution in [0.4, 0.5) is 10.2 Å². The van der Waals surface area contributed by atoms with E-state index in [1.54, 1.807) is 30.0 Å². The number of nitrogens with zero attached hydrogens (tertiary/aromatic N) is 3. The Morgan fingerprint density at radius 2 is 2.14 bits per heavy atom. The number of carbonyl (C=O) groups is 1. The molecule has 1 aliphatic rings. The van der Waals surface area contributed by atoms with Gasteiger partial charge in [-0.2, -0.15) is 0 Å². The van der Waals surface area contributed by atoms with Gasteiger partial charge in [0.25, 0.3) is 5.91 Å². The quantitative estimate of drug-likeness (QED) is 0.780. The third-order valence-corrected chi connectivity index (χ3v) is 4.85. The van der Waals surface area contributed by atoms with Crippen molar-refractivity contribution >= 4 is 11.7 Å². The number of amides is 1. The van der Waals surface area contributed by atoms with E-state index in [0.29, 0.717) is 48.3 Å². The van der Waals surface area contributed by atoms with Gasteiger partial charge >= 0.3 is 0 Å². The molecule has 0 aliphatic carbocycles. The van der Waals surface area contributed by atoms with Crippen LogP contribution in [0.15, 0.2) is 22.7 Å². The predicted octanol–water partition coefficient (Wildman–Crippen LogP) is 3.05. The highest BCUT2D eigenvalue weighted by atomic mass is 19.1. The number of anilines is 1. The van der Waals surface area contributed by atoms with Crippen molar-refractivity contribution in [3.05, 3.63) is 29.6 Å². The Morgan fingerprint density at radius 1 is 1.39 bits per heavy atom. The monoisotopic (exact) mass is 391 g/mol. The molecule has 0 saturated carbocycles. The molecule has 7 nitrogen and oxygen atoms in total. The van der Waals surface area contributed by atoms with Gasteiger partial charge in [0.05, 0.1) is 19.8 Å². The minimum absolute atomic E-state index is 0.0188. The van der Waals surface area contributed by atoms with Crippen molar-refractivity contribution in [2.24, 2.45) is 5.92 Å². The molecule has 1 unspecified atom stereocenters. The zero-order chi connectivity index (χ0) is 20.4. The molecule has 1 saturated heterocycles. The average Bonchev–Trinajstić information content (AvgIpc) is 3.13. The lowest BCUT2D eigenvalue weighted by molar-refractivity contribution is -0.0420. The van der Waals surface area contributed by atoms with Crippen molar-refractivity contribution in [3.63, 3.8) is 0 Å². The maximum Gasteiger partial charge on any atom is 0.261 e. The number of hydrogen-bond acceptors (Lipinski definition) is 6. The van der Waals surface area contributed by atoms with Crippen molar-refractivity contribution in [2.45, 2.75) is 20.0 Å². The van der Waals surface area contributed by atoms with E-state index in [-0.39, 0.29) is 17.8 Å². The Hall–Kier alpha value is -2.61. The molecule has 1 aromatic heterocycles. The van der Waals surface area contributed by atoms with E-state index in [4.69, 9.17) is 14.0 Å². The minimum atomic E-state index is -0.487. The molecule has 0 radical (unpaired) electrons. The van der Waals surface area contributed by atoms with Gasteiger partial charge in [0.1, 0.15) is 5.56 Å². The topological polar surface area (TPSA) is 68.0 Å². The standard InChI is InChI=1S/C20H26FN3O4/c1-12(2)16-11-24(8-9-27-16)20(25)17-18(28-22-19(17)23(3)4)13-6-7-14(21)15(10-13)26-5/h6-7,10,12,16H,8-9,11H2,1-5H3. The number of carbonyl (C=O) groups excluding carboxylic acids is 1. The number of hydrogen-bond donors (Lipinski definition) is 0. The van der Waals surface area contributed by atoms with Crippen LogP contribution in [0.25, 0.3) is 11.3 Å². The van der Waals surface area contributed by atoms with Crippen LogP contribution >= 0.6 is 0 Å². The number of halogens is 1. The molecule has 2 heterocycles. The number of morpholine rings is 1. The summed E-state index contributed by atoms with van der Waals surface area (Å²) in [6.07, 6.45) is -0.0188. The first kappa shape index (κ1) is 20.1. The Kier molecular flexibility index (Phi) is 5.88. The first-order valence-corrected chi connectivity index (χ1v) is 9.25. The summed E-state index contributed by atoms with van der Waals surface area (Å²) in [5.74, 6) is 0.421. The first-order chi connectivity index (χ1) is 13.3. The third-order valence-electron chi connectivity index (χ3n) is 4.85. The van der Waals surface area contributed by atoms with Crippen molar-refractivity contribution in [1.82, 2.24) is 10.1 Å². The number of aromatic nitrogens is 1. The molecule has 1 atom stereocenters. The van der Waals surface area contributed by atoms with Crippen molar-refractivity contribution in [2.75, 3.05) is 45.8 Å². The maximum absolute atomic E-state index is 13.8. The van der Waals surface area contributed by atoms with Gasteiger partial charge in [0, 0.05) is 32.7 Å². The first-order valence-electron chi connectivity index (χ1n) is 9.25. The van der Waals surface area contributed by atoms with Gasteiger partial charge in [0.2, 0.25) is 0 Å². The minimum Gasteiger partial charge on any atom is -0.494 e. The lowest BCUT2D eigenvalue weighted by Crippen LogP contribution is -2.47. The second-order valence-electron chi connectivity index (χ2n) is 7.36. The normalized spacial score (nSPS) is 17.1. The highest BCUT2D eigenvalue weighted by molar-refractivity contribution is 6.04. The molecule has 152 valence electrons. The lowest BCUT2D eigenvalue weighted by atomic mass is 10.0. The molecule has 0 spiro atoms. The molecular weight excluding hydrogens is 365 g/mol. The fourth-order valence-corrected chi connectivity index (χ4v) is 3.20. The smallest absolute Gasteiger partial charge is 0.261 e. The van der Waals surface area contributed by atoms with Crippen molar-refractivity contribution in [1.29, 1.82) is 0 Å². The Labute approximate surface area is 164 Å². The summed E-state index contributed by atoms with van der Waals surface area (Å²) >= 11 is 0. The fraction of sp³-hybridized carbons (Fsp3) is 0.500. The summed E-state index contributed by atoms with van der Waals surface area (Å²) in [5.41, 5.74) is 0.874. The van der Waals surface area contributed by atoms with Crippen LogP contribution in [0.5, 0.6) is 5.75 Å². The lowest BCUT2D eigenvalue weighted by Gasteiger charge is -2.35. The molecule has 8 heteroatoms. The van der Waals surface area contributed by atoms with Gasteiger partial charge < -0.3 is 23.8 Å². The summed E-state index contributed by atoms with van der Waals surface area (Å²) in [5, 5.41) is 4.08. The van der Waals surface area contributed by atoms with E-state index in [9.17, 15) is 9.18 Å². The predicted molar refractivity (Wildman–Crippen MR) is 103 cm³/mol. The van der Waals surface area contributed by atoms with E-state index < -0.39 is 5.82 Å². The van der Waals surface area contributed by atoms with Crippen LogP contribution in [0, 0.1) is 11.7 Å². The summed E-state index contributed by atoms with van der Waals surface area (Å²) in [6, 6.07) is 4.33. The Balaban J connectivity index is 2.02. The van der Waals surface area contributed by atoms with Gasteiger partial charge in [-0.15, -0.1) is 0 Å². The van der Waals surface area contributed by atoms with E-state index in [1.165, 1.54) is 19.2 Å². The van der Waals surface area contributed by atoms with Crippen LogP contribution in [-0.4, -0.2) is 63.0 Å². The Bertz CT molecular complexity index is 850. The molecule has 1 aliphatic heterocycles. The molecule has 3 rings (SSSR count). The molecular formula is C20H26FN3O4. The molecule has 0 bridgehead atoms. The molecule has 1 aromatic carbocycles. The van der Waals surface area contributed by atoms with E-state index in [2.05, 4.69) is 19.0 Å². The molecule has 0 N–H and O–H groups in total. The van der Waals surface area contributed by atoms with Crippen LogP contribution in [0.2, 0.25) is 0 Å². The number of ether oxygens (including phenoxy) is 2. The molecule has 2 aromatic rings. The second kappa shape index (κ2) is 8.18. The molecule has 28 heavy (non-hydrogen) atoms. The average molecular weight is 391 g/mol. The SMILES string of the molecule is COc1cc(-c2onc(N(C)C)c2C(=O)N2CCOC(C(C)C)C2)ccc1F. The second-order valence-corrected chi connectivity index (χ2v) is 7.36. The summed E-state index contributed by atoms with van der Waals surface area (Å²) in [7, 11) is 4.97. The highest BCUT2D eigenvalue weighted by Gasteiger charge is 2.33. The van der Waals surface area contributed by atoms with E-state index in [1.807, 2.05) is 0 Å². The van der Waals surface area contributed by atoms with Crippen LogP contribution in [0.3, 0.4) is 0 Å².